The number of thioether (sulfide) groups is 1. The van der Waals surface area contributed by atoms with Crippen molar-refractivity contribution in [3.8, 4) is 0 Å². The first-order valence-corrected chi connectivity index (χ1v) is 7.70. The zero-order valence-corrected chi connectivity index (χ0v) is 12.6. The first kappa shape index (κ1) is 14.7. The minimum atomic E-state index is -0.0760. The molecule has 0 bridgehead atoms. The largest absolute Gasteiger partial charge is 0.322 e. The Balaban J connectivity index is 1.99. The molecule has 2 aromatic carbocycles. The fraction of sp³-hybridized carbons (Fsp3) is 0.235. The van der Waals surface area contributed by atoms with Crippen LogP contribution in [0.25, 0.3) is 0 Å². The summed E-state index contributed by atoms with van der Waals surface area (Å²) < 4.78 is 0. The van der Waals surface area contributed by atoms with Crippen LogP contribution in [0, 0.1) is 0 Å². The van der Waals surface area contributed by atoms with Crippen LogP contribution < -0.4 is 5.32 Å². The molecule has 20 heavy (non-hydrogen) atoms. The summed E-state index contributed by atoms with van der Waals surface area (Å²) in [7, 11) is 0. The number of benzene rings is 2. The molecule has 2 nitrogen and oxygen atoms in total. The summed E-state index contributed by atoms with van der Waals surface area (Å²) in [6, 6.07) is 17.2. The van der Waals surface area contributed by atoms with Crippen molar-refractivity contribution < 1.29 is 4.79 Å². The molecule has 1 N–H and O–H groups in total. The quantitative estimate of drug-likeness (QED) is 0.797. The summed E-state index contributed by atoms with van der Waals surface area (Å²) in [5.74, 6) is -0.0760. The third kappa shape index (κ3) is 4.14. The minimum Gasteiger partial charge on any atom is -0.322 e. The van der Waals surface area contributed by atoms with E-state index in [2.05, 4.69) is 31.3 Å². The molecular weight excluding hydrogens is 266 g/mol. The van der Waals surface area contributed by atoms with Gasteiger partial charge >= 0.3 is 0 Å². The molecule has 0 aliphatic carbocycles. The maximum absolute atomic E-state index is 12.0. The van der Waals surface area contributed by atoms with E-state index in [0.717, 1.165) is 12.1 Å². The van der Waals surface area contributed by atoms with Crippen molar-refractivity contribution in [2.24, 2.45) is 0 Å². The Hall–Kier alpha value is -1.74. The maximum atomic E-state index is 12.0. The summed E-state index contributed by atoms with van der Waals surface area (Å²) in [5, 5.41) is 3.52. The fourth-order valence-corrected chi connectivity index (χ4v) is 2.65. The molecule has 3 heteroatoms. The number of amides is 1. The molecule has 1 atom stereocenters. The van der Waals surface area contributed by atoms with Gasteiger partial charge in [-0.1, -0.05) is 32.0 Å². The van der Waals surface area contributed by atoms with Crippen LogP contribution in [0.15, 0.2) is 59.5 Å². The SMILES string of the molecule is CCC(C)Sc1ccc(NC(=O)c2ccccc2)cc1. The van der Waals surface area contributed by atoms with Crippen LogP contribution in [-0.4, -0.2) is 11.2 Å². The van der Waals surface area contributed by atoms with Gasteiger partial charge < -0.3 is 5.32 Å². The Morgan fingerprint density at radius 1 is 1.10 bits per heavy atom. The smallest absolute Gasteiger partial charge is 0.255 e. The van der Waals surface area contributed by atoms with Crippen LogP contribution in [0.3, 0.4) is 0 Å². The number of rotatable bonds is 5. The Morgan fingerprint density at radius 2 is 1.75 bits per heavy atom. The lowest BCUT2D eigenvalue weighted by atomic mass is 10.2. The molecule has 0 heterocycles. The normalized spacial score (nSPS) is 11.9. The molecule has 0 aromatic heterocycles. The van der Waals surface area contributed by atoms with Crippen molar-refractivity contribution in [2.75, 3.05) is 5.32 Å². The van der Waals surface area contributed by atoms with E-state index in [9.17, 15) is 4.79 Å². The van der Waals surface area contributed by atoms with Crippen molar-refractivity contribution in [2.45, 2.75) is 30.4 Å². The second-order valence-electron chi connectivity index (χ2n) is 4.68. The Kier molecular flexibility index (Phi) is 5.24. The number of nitrogens with one attached hydrogen (secondary N) is 1. The molecule has 0 saturated carbocycles. The van der Waals surface area contributed by atoms with Crippen LogP contribution in [0.2, 0.25) is 0 Å². The molecule has 1 unspecified atom stereocenters. The summed E-state index contributed by atoms with van der Waals surface area (Å²) in [6.07, 6.45) is 1.15. The summed E-state index contributed by atoms with van der Waals surface area (Å²) in [5.41, 5.74) is 1.50. The highest BCUT2D eigenvalue weighted by atomic mass is 32.2. The lowest BCUT2D eigenvalue weighted by Crippen LogP contribution is -2.11. The van der Waals surface area contributed by atoms with Gasteiger partial charge in [-0.25, -0.2) is 0 Å². The summed E-state index contributed by atoms with van der Waals surface area (Å²) in [6.45, 7) is 4.40. The minimum absolute atomic E-state index is 0.0760. The molecule has 2 rings (SSSR count). The Bertz CT molecular complexity index is 551. The van der Waals surface area contributed by atoms with E-state index in [-0.39, 0.29) is 5.91 Å². The third-order valence-corrected chi connectivity index (χ3v) is 4.34. The van der Waals surface area contributed by atoms with Gasteiger partial charge in [0.15, 0.2) is 0 Å². The van der Waals surface area contributed by atoms with Crippen LogP contribution in [0.1, 0.15) is 30.6 Å². The van der Waals surface area contributed by atoms with E-state index < -0.39 is 0 Å². The van der Waals surface area contributed by atoms with E-state index in [1.54, 1.807) is 0 Å². The molecule has 0 radical (unpaired) electrons. The van der Waals surface area contributed by atoms with Gasteiger partial charge in [0, 0.05) is 21.4 Å². The van der Waals surface area contributed by atoms with Crippen LogP contribution in [0.4, 0.5) is 5.69 Å². The molecule has 0 aliphatic rings. The van der Waals surface area contributed by atoms with Gasteiger partial charge in [-0.15, -0.1) is 11.8 Å². The standard InChI is InChI=1S/C17H19NOS/c1-3-13(2)20-16-11-9-15(10-12-16)18-17(19)14-7-5-4-6-8-14/h4-13H,3H2,1-2H3,(H,18,19). The molecule has 2 aromatic rings. The van der Waals surface area contributed by atoms with Gasteiger partial charge in [0.1, 0.15) is 0 Å². The van der Waals surface area contributed by atoms with E-state index in [1.807, 2.05) is 54.2 Å². The van der Waals surface area contributed by atoms with Gasteiger partial charge in [-0.2, -0.15) is 0 Å². The van der Waals surface area contributed by atoms with Crippen LogP contribution in [-0.2, 0) is 0 Å². The van der Waals surface area contributed by atoms with Gasteiger partial charge in [0.2, 0.25) is 0 Å². The van der Waals surface area contributed by atoms with Crippen LogP contribution >= 0.6 is 11.8 Å². The van der Waals surface area contributed by atoms with Crippen molar-refractivity contribution in [1.29, 1.82) is 0 Å². The maximum Gasteiger partial charge on any atom is 0.255 e. The summed E-state index contributed by atoms with van der Waals surface area (Å²) >= 11 is 1.85. The van der Waals surface area contributed by atoms with E-state index in [0.29, 0.717) is 10.8 Å². The van der Waals surface area contributed by atoms with Crippen molar-refractivity contribution in [3.05, 3.63) is 60.2 Å². The van der Waals surface area contributed by atoms with Gasteiger partial charge in [0.25, 0.3) is 5.91 Å². The highest BCUT2D eigenvalue weighted by Crippen LogP contribution is 2.26. The topological polar surface area (TPSA) is 29.1 Å². The zero-order valence-electron chi connectivity index (χ0n) is 11.8. The van der Waals surface area contributed by atoms with Gasteiger partial charge in [0.05, 0.1) is 0 Å². The average molecular weight is 285 g/mol. The predicted molar refractivity (Wildman–Crippen MR) is 86.4 cm³/mol. The number of hydrogen-bond donors (Lipinski definition) is 1. The van der Waals surface area contributed by atoms with Gasteiger partial charge in [-0.3, -0.25) is 4.79 Å². The first-order chi connectivity index (χ1) is 9.69. The number of hydrogen-bond acceptors (Lipinski definition) is 2. The molecule has 0 aliphatic heterocycles. The van der Waals surface area contributed by atoms with Crippen molar-refractivity contribution in [1.82, 2.24) is 0 Å². The monoisotopic (exact) mass is 285 g/mol. The van der Waals surface area contributed by atoms with Gasteiger partial charge in [-0.05, 0) is 42.8 Å². The van der Waals surface area contributed by atoms with Crippen molar-refractivity contribution in [3.63, 3.8) is 0 Å². The Labute approximate surface area is 124 Å². The fourth-order valence-electron chi connectivity index (χ4n) is 1.73. The molecule has 1 amide bonds. The molecule has 0 saturated heterocycles. The molecular formula is C17H19NOS. The molecule has 0 fully saturated rings. The second-order valence-corrected chi connectivity index (χ2v) is 6.19. The average Bonchev–Trinajstić information content (AvgIpc) is 2.50. The third-order valence-electron chi connectivity index (χ3n) is 3.06. The highest BCUT2D eigenvalue weighted by Gasteiger charge is 2.06. The lowest BCUT2D eigenvalue weighted by molar-refractivity contribution is 0.102. The number of carbonyl (C=O) groups excluding carboxylic acids is 1. The van der Waals surface area contributed by atoms with Crippen LogP contribution in [0.5, 0.6) is 0 Å². The second kappa shape index (κ2) is 7.15. The van der Waals surface area contributed by atoms with E-state index in [4.69, 9.17) is 0 Å². The molecule has 0 spiro atoms. The van der Waals surface area contributed by atoms with E-state index in [1.165, 1.54) is 4.90 Å². The van der Waals surface area contributed by atoms with E-state index >= 15 is 0 Å². The summed E-state index contributed by atoms with van der Waals surface area (Å²) in [4.78, 5) is 13.2. The number of anilines is 1. The Morgan fingerprint density at radius 3 is 2.35 bits per heavy atom. The van der Waals surface area contributed by atoms with Crippen molar-refractivity contribution >= 4 is 23.4 Å². The zero-order chi connectivity index (χ0) is 14.4. The molecule has 104 valence electrons. The highest BCUT2D eigenvalue weighted by molar-refractivity contribution is 7.99. The first-order valence-electron chi connectivity index (χ1n) is 6.82. The lowest BCUT2D eigenvalue weighted by Gasteiger charge is -2.09. The predicted octanol–water partition coefficient (Wildman–Crippen LogP) is 4.83. The number of carbonyl (C=O) groups is 1.